The van der Waals surface area contributed by atoms with Gasteiger partial charge in [-0.1, -0.05) is 18.2 Å². The molecule has 0 radical (unpaired) electrons. The molecule has 0 N–H and O–H groups in total. The smallest absolute Gasteiger partial charge is 0.242 e. The fraction of sp³-hybridized carbons (Fsp3) is 0.409. The molecule has 1 amide bonds. The largest absolute Gasteiger partial charge is 0.368 e. The highest BCUT2D eigenvalue weighted by molar-refractivity contribution is 5.76. The van der Waals surface area contributed by atoms with Crippen LogP contribution in [0.4, 0.5) is 0 Å². The zero-order chi connectivity index (χ0) is 19.8. The number of hydrogen-bond donors (Lipinski definition) is 0. The molecule has 4 heterocycles. The Hall–Kier alpha value is -2.93. The van der Waals surface area contributed by atoms with Crippen LogP contribution >= 0.6 is 0 Å². The van der Waals surface area contributed by atoms with Gasteiger partial charge in [0.25, 0.3) is 0 Å². The quantitative estimate of drug-likeness (QED) is 0.688. The van der Waals surface area contributed by atoms with Crippen LogP contribution in [0, 0.1) is 6.92 Å². The Labute approximate surface area is 169 Å². The second-order valence-electron chi connectivity index (χ2n) is 7.86. The maximum absolute atomic E-state index is 12.7. The molecule has 5 rings (SSSR count). The van der Waals surface area contributed by atoms with Gasteiger partial charge in [-0.3, -0.25) is 4.79 Å². The van der Waals surface area contributed by atoms with Gasteiger partial charge in [-0.15, -0.1) is 0 Å². The zero-order valence-corrected chi connectivity index (χ0v) is 16.6. The van der Waals surface area contributed by atoms with Gasteiger partial charge in [0.1, 0.15) is 18.0 Å². The van der Waals surface area contributed by atoms with Gasteiger partial charge in [0.05, 0.1) is 18.0 Å². The minimum Gasteiger partial charge on any atom is -0.368 e. The van der Waals surface area contributed by atoms with E-state index in [0.29, 0.717) is 26.2 Å². The maximum Gasteiger partial charge on any atom is 0.242 e. The molecule has 2 aromatic heterocycles. The summed E-state index contributed by atoms with van der Waals surface area (Å²) in [5.74, 6) is 0.991. The number of nitrogens with zero attached hydrogens (tertiary/aromatic N) is 5. The zero-order valence-electron chi connectivity index (χ0n) is 16.6. The molecule has 7 nitrogen and oxygen atoms in total. The summed E-state index contributed by atoms with van der Waals surface area (Å²) >= 11 is 0. The number of benzene rings is 1. The first-order chi connectivity index (χ1) is 14.1. The molecular weight excluding hydrogens is 366 g/mol. The average molecular weight is 391 g/mol. The first kappa shape index (κ1) is 18.1. The molecule has 2 aliphatic rings. The molecule has 150 valence electrons. The summed E-state index contributed by atoms with van der Waals surface area (Å²) in [6.45, 7) is 4.33. The fourth-order valence-corrected chi connectivity index (χ4v) is 4.43. The molecule has 3 aromatic rings. The summed E-state index contributed by atoms with van der Waals surface area (Å²) < 4.78 is 10.2. The number of piperidine rings is 1. The van der Waals surface area contributed by atoms with Crippen molar-refractivity contribution in [1.82, 2.24) is 24.2 Å². The minimum absolute atomic E-state index is 0.131. The van der Waals surface area contributed by atoms with Crippen LogP contribution in [0.1, 0.15) is 29.9 Å². The van der Waals surface area contributed by atoms with Gasteiger partial charge >= 0.3 is 0 Å². The number of hydrogen-bond acceptors (Lipinski definition) is 4. The third-order valence-electron chi connectivity index (χ3n) is 6.15. The molecule has 0 saturated carbocycles. The van der Waals surface area contributed by atoms with E-state index in [4.69, 9.17) is 9.84 Å². The number of fused-ring (bicyclic) bond motifs is 2. The van der Waals surface area contributed by atoms with E-state index in [1.807, 2.05) is 45.5 Å². The van der Waals surface area contributed by atoms with Crippen LogP contribution < -0.4 is 0 Å². The van der Waals surface area contributed by atoms with Crippen molar-refractivity contribution in [2.24, 2.45) is 0 Å². The monoisotopic (exact) mass is 391 g/mol. The van der Waals surface area contributed by atoms with Gasteiger partial charge in [-0.05, 0) is 43.9 Å². The van der Waals surface area contributed by atoms with E-state index in [-0.39, 0.29) is 11.5 Å². The van der Waals surface area contributed by atoms with Crippen molar-refractivity contribution in [3.8, 4) is 5.69 Å². The molecule has 1 spiro atoms. The van der Waals surface area contributed by atoms with E-state index >= 15 is 0 Å². The third-order valence-corrected chi connectivity index (χ3v) is 6.15. The Morgan fingerprint density at radius 1 is 1.21 bits per heavy atom. The Kier molecular flexibility index (Phi) is 4.47. The van der Waals surface area contributed by atoms with Crippen molar-refractivity contribution in [3.05, 3.63) is 66.0 Å². The second kappa shape index (κ2) is 7.15. The normalized spacial score (nSPS) is 18.0. The van der Waals surface area contributed by atoms with E-state index in [9.17, 15) is 4.79 Å². The topological polar surface area (TPSA) is 65.2 Å². The van der Waals surface area contributed by atoms with Crippen molar-refractivity contribution in [2.45, 2.75) is 38.3 Å². The number of carbonyl (C=O) groups is 1. The number of carbonyl (C=O) groups excluding carboxylic acids is 1. The first-order valence-electron chi connectivity index (χ1n) is 10.2. The van der Waals surface area contributed by atoms with Crippen molar-refractivity contribution in [2.75, 3.05) is 19.7 Å². The summed E-state index contributed by atoms with van der Waals surface area (Å²) in [7, 11) is 0. The summed E-state index contributed by atoms with van der Waals surface area (Å²) in [6.07, 6.45) is 8.15. The molecule has 0 bridgehead atoms. The van der Waals surface area contributed by atoms with Gasteiger partial charge in [0.15, 0.2) is 0 Å². The number of rotatable bonds is 3. The number of ether oxygens (including phenoxy) is 1. The number of likely N-dealkylation sites (tertiary alicyclic amines) is 1. The van der Waals surface area contributed by atoms with Crippen LogP contribution in [0.25, 0.3) is 5.69 Å². The molecule has 2 aliphatic heterocycles. The molecule has 1 saturated heterocycles. The summed E-state index contributed by atoms with van der Waals surface area (Å²) in [5, 5.41) is 4.92. The van der Waals surface area contributed by atoms with Crippen LogP contribution in [0.5, 0.6) is 0 Å². The van der Waals surface area contributed by atoms with E-state index in [0.717, 1.165) is 36.5 Å². The molecule has 0 aliphatic carbocycles. The van der Waals surface area contributed by atoms with Gasteiger partial charge in [-0.2, -0.15) is 5.10 Å². The molecule has 1 fully saturated rings. The predicted molar refractivity (Wildman–Crippen MR) is 108 cm³/mol. The van der Waals surface area contributed by atoms with Crippen molar-refractivity contribution < 1.29 is 9.53 Å². The fourth-order valence-electron chi connectivity index (χ4n) is 4.43. The highest BCUT2D eigenvalue weighted by Gasteiger charge is 2.44. The summed E-state index contributed by atoms with van der Waals surface area (Å²) in [4.78, 5) is 18.9. The number of aryl methyl sites for hydroxylation is 1. The number of aromatic nitrogens is 4. The standard InChI is InChI=1S/C22H25N5O2/c1-17-23-10-13-26(17)16-20(28)25-11-8-22(9-12-25)21-18(7-14-29-22)15-27(24-21)19-5-3-2-4-6-19/h2-6,10,13,15H,7-9,11-12,14,16H2,1H3. The van der Waals surface area contributed by atoms with E-state index in [1.165, 1.54) is 5.56 Å². The van der Waals surface area contributed by atoms with Crippen LogP contribution in [0.3, 0.4) is 0 Å². The summed E-state index contributed by atoms with van der Waals surface area (Å²) in [5.41, 5.74) is 2.98. The lowest BCUT2D eigenvalue weighted by Gasteiger charge is -2.43. The van der Waals surface area contributed by atoms with E-state index < -0.39 is 0 Å². The molecule has 0 atom stereocenters. The average Bonchev–Trinajstić information content (AvgIpc) is 3.37. The Balaban J connectivity index is 1.33. The van der Waals surface area contributed by atoms with Gasteiger partial charge in [0.2, 0.25) is 5.91 Å². The van der Waals surface area contributed by atoms with E-state index in [2.05, 4.69) is 23.3 Å². The van der Waals surface area contributed by atoms with Crippen LogP contribution in [0.15, 0.2) is 48.9 Å². The number of para-hydroxylation sites is 1. The second-order valence-corrected chi connectivity index (χ2v) is 7.86. The van der Waals surface area contributed by atoms with Crippen molar-refractivity contribution in [1.29, 1.82) is 0 Å². The van der Waals surface area contributed by atoms with Crippen LogP contribution in [-0.4, -0.2) is 49.8 Å². The number of amides is 1. The molecule has 29 heavy (non-hydrogen) atoms. The Morgan fingerprint density at radius 2 is 2.00 bits per heavy atom. The SMILES string of the molecule is Cc1nccn1CC(=O)N1CCC2(CC1)OCCc1cn(-c3ccccc3)nc12. The van der Waals surface area contributed by atoms with Crippen molar-refractivity contribution >= 4 is 5.91 Å². The lowest BCUT2D eigenvalue weighted by Crippen LogP contribution is -2.49. The molecule has 1 aromatic carbocycles. The van der Waals surface area contributed by atoms with Gasteiger partial charge in [-0.25, -0.2) is 9.67 Å². The highest BCUT2D eigenvalue weighted by Crippen LogP contribution is 2.41. The Bertz CT molecular complexity index is 1020. The molecule has 0 unspecified atom stereocenters. The minimum atomic E-state index is -0.380. The number of imidazole rings is 1. The lowest BCUT2D eigenvalue weighted by atomic mass is 9.84. The van der Waals surface area contributed by atoms with E-state index in [1.54, 1.807) is 6.20 Å². The Morgan fingerprint density at radius 3 is 2.72 bits per heavy atom. The third kappa shape index (κ3) is 3.25. The predicted octanol–water partition coefficient (Wildman–Crippen LogP) is 2.47. The first-order valence-corrected chi connectivity index (χ1v) is 10.2. The molecular formula is C22H25N5O2. The summed E-state index contributed by atoms with van der Waals surface area (Å²) in [6, 6.07) is 10.2. The molecule has 7 heteroatoms. The van der Waals surface area contributed by atoms with Crippen molar-refractivity contribution in [3.63, 3.8) is 0 Å². The van der Waals surface area contributed by atoms with Crippen LogP contribution in [0.2, 0.25) is 0 Å². The van der Waals surface area contributed by atoms with Gasteiger partial charge in [0, 0.05) is 31.7 Å². The maximum atomic E-state index is 12.7. The lowest BCUT2D eigenvalue weighted by molar-refractivity contribution is -0.141. The highest BCUT2D eigenvalue weighted by atomic mass is 16.5. The van der Waals surface area contributed by atoms with Gasteiger partial charge < -0.3 is 14.2 Å². The van der Waals surface area contributed by atoms with Crippen LogP contribution in [-0.2, 0) is 28.1 Å².